The fourth-order valence-electron chi connectivity index (χ4n) is 3.22. The minimum atomic E-state index is -0.235. The van der Waals surface area contributed by atoms with Crippen LogP contribution in [0.5, 0.6) is 5.75 Å². The summed E-state index contributed by atoms with van der Waals surface area (Å²) in [6, 6.07) is 19.1. The van der Waals surface area contributed by atoms with Crippen LogP contribution < -0.4 is 15.6 Å². The first-order valence-corrected chi connectivity index (χ1v) is 10.3. The molecule has 1 atom stereocenters. The van der Waals surface area contributed by atoms with Crippen LogP contribution in [-0.2, 0) is 11.3 Å². The third-order valence-electron chi connectivity index (χ3n) is 4.87. The third-order valence-corrected chi connectivity index (χ3v) is 6.03. The molecule has 1 amide bonds. The Labute approximate surface area is 177 Å². The number of hydrogen-bond donors (Lipinski definition) is 1. The first kappa shape index (κ1) is 19.8. The lowest BCUT2D eigenvalue weighted by atomic mass is 10.1. The molecule has 0 saturated carbocycles. The maximum absolute atomic E-state index is 12.9. The van der Waals surface area contributed by atoms with Crippen molar-refractivity contribution in [1.29, 1.82) is 0 Å². The van der Waals surface area contributed by atoms with Gasteiger partial charge in [0, 0.05) is 4.88 Å². The van der Waals surface area contributed by atoms with Crippen LogP contribution in [0.2, 0.25) is 0 Å². The average Bonchev–Trinajstić information content (AvgIpc) is 3.21. The van der Waals surface area contributed by atoms with Crippen molar-refractivity contribution < 1.29 is 9.53 Å². The Morgan fingerprint density at radius 1 is 1.17 bits per heavy atom. The summed E-state index contributed by atoms with van der Waals surface area (Å²) in [6.07, 6.45) is 1.43. The number of ether oxygens (including phenoxy) is 1. The minimum absolute atomic E-state index is 0.0747. The van der Waals surface area contributed by atoms with Gasteiger partial charge in [-0.15, -0.1) is 11.3 Å². The van der Waals surface area contributed by atoms with Crippen LogP contribution in [0, 0.1) is 0 Å². The highest BCUT2D eigenvalue weighted by Gasteiger charge is 2.14. The van der Waals surface area contributed by atoms with Gasteiger partial charge in [-0.05, 0) is 48.4 Å². The van der Waals surface area contributed by atoms with Gasteiger partial charge in [-0.3, -0.25) is 14.2 Å². The van der Waals surface area contributed by atoms with Crippen LogP contribution in [0.4, 0.5) is 0 Å². The highest BCUT2D eigenvalue weighted by Crippen LogP contribution is 2.31. The summed E-state index contributed by atoms with van der Waals surface area (Å²) >= 11 is 1.37. The molecule has 0 fully saturated rings. The molecule has 2 aromatic heterocycles. The molecule has 4 aromatic rings. The van der Waals surface area contributed by atoms with E-state index in [1.54, 1.807) is 7.11 Å². The SMILES string of the molecule is COc1ccc(-c2cc3ncn(CC(=O)NC(C)c4ccccc4)c(=O)c3s2)cc1. The Balaban J connectivity index is 1.54. The number of hydrogen-bond acceptors (Lipinski definition) is 5. The van der Waals surface area contributed by atoms with Crippen molar-refractivity contribution in [3.8, 4) is 16.2 Å². The standard InChI is InChI=1S/C23H21N3O3S/c1-15(16-6-4-3-5-7-16)25-21(27)13-26-14-24-19-12-20(30-22(19)23(26)28)17-8-10-18(29-2)11-9-17/h3-12,14-15H,13H2,1-2H3,(H,25,27). The molecule has 2 aromatic carbocycles. The van der Waals surface area contributed by atoms with Crippen LogP contribution in [0.3, 0.4) is 0 Å². The van der Waals surface area contributed by atoms with E-state index in [0.29, 0.717) is 10.2 Å². The number of fused-ring (bicyclic) bond motifs is 1. The van der Waals surface area contributed by atoms with E-state index >= 15 is 0 Å². The van der Waals surface area contributed by atoms with Crippen molar-refractivity contribution in [2.24, 2.45) is 0 Å². The third kappa shape index (κ3) is 4.11. The second-order valence-corrected chi connectivity index (χ2v) is 7.98. The Morgan fingerprint density at radius 3 is 2.60 bits per heavy atom. The molecule has 2 heterocycles. The number of aromatic nitrogens is 2. The van der Waals surface area contributed by atoms with E-state index in [-0.39, 0.29) is 24.1 Å². The smallest absolute Gasteiger partial charge is 0.271 e. The molecule has 0 bridgehead atoms. The van der Waals surface area contributed by atoms with Crippen LogP contribution >= 0.6 is 11.3 Å². The van der Waals surface area contributed by atoms with Crippen molar-refractivity contribution in [3.63, 3.8) is 0 Å². The molecule has 0 aliphatic heterocycles. The van der Waals surface area contributed by atoms with Crippen molar-refractivity contribution in [3.05, 3.63) is 82.9 Å². The zero-order valence-corrected chi connectivity index (χ0v) is 17.5. The van der Waals surface area contributed by atoms with Crippen molar-refractivity contribution >= 4 is 27.5 Å². The van der Waals surface area contributed by atoms with Crippen molar-refractivity contribution in [1.82, 2.24) is 14.9 Å². The quantitative estimate of drug-likeness (QED) is 0.512. The van der Waals surface area contributed by atoms with E-state index in [0.717, 1.165) is 21.8 Å². The molecule has 4 rings (SSSR count). The second-order valence-electron chi connectivity index (χ2n) is 6.93. The van der Waals surface area contributed by atoms with Crippen LogP contribution in [0.25, 0.3) is 20.7 Å². The average molecular weight is 420 g/mol. The molecule has 0 aliphatic rings. The number of carbonyl (C=O) groups is 1. The normalized spacial score (nSPS) is 11.9. The van der Waals surface area contributed by atoms with Gasteiger partial charge in [0.2, 0.25) is 5.91 Å². The Morgan fingerprint density at radius 2 is 1.90 bits per heavy atom. The van der Waals surface area contributed by atoms with Gasteiger partial charge in [0.15, 0.2) is 0 Å². The lowest BCUT2D eigenvalue weighted by Gasteiger charge is -2.14. The first-order valence-electron chi connectivity index (χ1n) is 9.53. The zero-order chi connectivity index (χ0) is 21.1. The van der Waals surface area contributed by atoms with Gasteiger partial charge >= 0.3 is 0 Å². The molecular formula is C23H21N3O3S. The summed E-state index contributed by atoms with van der Waals surface area (Å²) < 4.78 is 7.08. The molecule has 152 valence electrons. The van der Waals surface area contributed by atoms with E-state index in [4.69, 9.17) is 4.74 Å². The molecule has 1 unspecified atom stereocenters. The van der Waals surface area contributed by atoms with Gasteiger partial charge < -0.3 is 10.1 Å². The number of methoxy groups -OCH3 is 1. The van der Waals surface area contributed by atoms with Crippen molar-refractivity contribution in [2.75, 3.05) is 7.11 Å². The van der Waals surface area contributed by atoms with E-state index in [1.807, 2.05) is 67.6 Å². The topological polar surface area (TPSA) is 73.2 Å². The summed E-state index contributed by atoms with van der Waals surface area (Å²) in [5, 5.41) is 2.93. The highest BCUT2D eigenvalue weighted by atomic mass is 32.1. The van der Waals surface area contributed by atoms with Gasteiger partial charge in [0.05, 0.1) is 25.0 Å². The summed E-state index contributed by atoms with van der Waals surface area (Å²) in [4.78, 5) is 30.7. The summed E-state index contributed by atoms with van der Waals surface area (Å²) in [5.41, 5.74) is 2.41. The second kappa shape index (κ2) is 8.51. The molecule has 1 N–H and O–H groups in total. The molecule has 6 nitrogen and oxygen atoms in total. The monoisotopic (exact) mass is 419 g/mol. The summed E-state index contributed by atoms with van der Waals surface area (Å²) in [6.45, 7) is 1.84. The molecule has 0 spiro atoms. The molecule has 0 saturated heterocycles. The predicted octanol–water partition coefficient (Wildman–Crippen LogP) is 4.01. The number of carbonyl (C=O) groups excluding carboxylic acids is 1. The molecule has 0 aliphatic carbocycles. The molecule has 30 heavy (non-hydrogen) atoms. The molecule has 0 radical (unpaired) electrons. The molecule has 7 heteroatoms. The fraction of sp³-hybridized carbons (Fsp3) is 0.174. The Bertz CT molecular complexity index is 1230. The first-order chi connectivity index (χ1) is 14.5. The Hall–Kier alpha value is -3.45. The summed E-state index contributed by atoms with van der Waals surface area (Å²) in [5.74, 6) is 0.539. The fourth-order valence-corrected chi connectivity index (χ4v) is 4.29. The van der Waals surface area contributed by atoms with Crippen LogP contribution in [0.15, 0.2) is 71.8 Å². The summed E-state index contributed by atoms with van der Waals surface area (Å²) in [7, 11) is 1.62. The van der Waals surface area contributed by atoms with Crippen molar-refractivity contribution in [2.45, 2.75) is 19.5 Å². The van der Waals surface area contributed by atoms with Crippen LogP contribution in [0.1, 0.15) is 18.5 Å². The van der Waals surface area contributed by atoms with Crippen LogP contribution in [-0.4, -0.2) is 22.6 Å². The lowest BCUT2D eigenvalue weighted by Crippen LogP contribution is -2.33. The predicted molar refractivity (Wildman–Crippen MR) is 119 cm³/mol. The number of nitrogens with zero attached hydrogens (tertiary/aromatic N) is 2. The van der Waals surface area contributed by atoms with E-state index in [9.17, 15) is 9.59 Å². The maximum Gasteiger partial charge on any atom is 0.271 e. The number of thiophene rings is 1. The lowest BCUT2D eigenvalue weighted by molar-refractivity contribution is -0.122. The Kier molecular flexibility index (Phi) is 5.63. The van der Waals surface area contributed by atoms with Gasteiger partial charge in [-0.25, -0.2) is 4.98 Å². The number of benzene rings is 2. The largest absolute Gasteiger partial charge is 0.497 e. The minimum Gasteiger partial charge on any atom is -0.497 e. The van der Waals surface area contributed by atoms with E-state index in [2.05, 4.69) is 10.3 Å². The van der Waals surface area contributed by atoms with Gasteiger partial charge in [-0.1, -0.05) is 30.3 Å². The van der Waals surface area contributed by atoms with Gasteiger partial charge in [0.25, 0.3) is 5.56 Å². The maximum atomic E-state index is 12.9. The molecular weight excluding hydrogens is 398 g/mol. The van der Waals surface area contributed by atoms with Gasteiger partial charge in [-0.2, -0.15) is 0 Å². The van der Waals surface area contributed by atoms with E-state index < -0.39 is 0 Å². The number of nitrogens with one attached hydrogen (secondary N) is 1. The van der Waals surface area contributed by atoms with E-state index in [1.165, 1.54) is 22.2 Å². The number of rotatable bonds is 6. The highest BCUT2D eigenvalue weighted by molar-refractivity contribution is 7.22. The van der Waals surface area contributed by atoms with Gasteiger partial charge in [0.1, 0.15) is 17.0 Å². The zero-order valence-electron chi connectivity index (χ0n) is 16.7. The number of amides is 1.